The molecule has 0 atom stereocenters. The number of carbonyl (C=O) groups excluding carboxylic acids is 1. The van der Waals surface area contributed by atoms with Gasteiger partial charge in [-0.1, -0.05) is 18.2 Å². The SMILES string of the molecule is COCc1ccc(C(=O)N2CCN(c3cccc(OC)c3)CC2)cc1. The quantitative estimate of drug-likeness (QED) is 0.839. The number of methoxy groups -OCH3 is 2. The molecule has 3 rings (SSSR count). The van der Waals surface area contributed by atoms with E-state index >= 15 is 0 Å². The fourth-order valence-electron chi connectivity index (χ4n) is 3.07. The smallest absolute Gasteiger partial charge is 0.253 e. The van der Waals surface area contributed by atoms with Crippen LogP contribution in [0.2, 0.25) is 0 Å². The van der Waals surface area contributed by atoms with Crippen molar-refractivity contribution in [3.8, 4) is 5.75 Å². The van der Waals surface area contributed by atoms with E-state index in [1.54, 1.807) is 14.2 Å². The van der Waals surface area contributed by atoms with Crippen LogP contribution in [0.15, 0.2) is 48.5 Å². The molecule has 25 heavy (non-hydrogen) atoms. The third-order valence-corrected chi connectivity index (χ3v) is 4.50. The van der Waals surface area contributed by atoms with Crippen molar-refractivity contribution in [3.63, 3.8) is 0 Å². The maximum absolute atomic E-state index is 12.7. The van der Waals surface area contributed by atoms with E-state index in [1.807, 2.05) is 47.4 Å². The molecule has 5 heteroatoms. The number of piperazine rings is 1. The van der Waals surface area contributed by atoms with Gasteiger partial charge < -0.3 is 19.3 Å². The third kappa shape index (κ3) is 4.12. The van der Waals surface area contributed by atoms with Crippen molar-refractivity contribution in [2.24, 2.45) is 0 Å². The Hall–Kier alpha value is -2.53. The summed E-state index contributed by atoms with van der Waals surface area (Å²) in [5.74, 6) is 0.946. The molecule has 0 aliphatic carbocycles. The van der Waals surface area contributed by atoms with Gasteiger partial charge in [0.25, 0.3) is 5.91 Å². The van der Waals surface area contributed by atoms with Crippen molar-refractivity contribution < 1.29 is 14.3 Å². The van der Waals surface area contributed by atoms with E-state index in [9.17, 15) is 4.79 Å². The molecule has 5 nitrogen and oxygen atoms in total. The Labute approximate surface area is 148 Å². The molecular formula is C20H24N2O3. The average Bonchev–Trinajstić information content (AvgIpc) is 2.68. The molecule has 0 radical (unpaired) electrons. The monoisotopic (exact) mass is 340 g/mol. The summed E-state index contributed by atoms with van der Waals surface area (Å²) in [5.41, 5.74) is 2.94. The van der Waals surface area contributed by atoms with Gasteiger partial charge in [-0.05, 0) is 29.8 Å². The molecule has 1 saturated heterocycles. The molecule has 0 spiro atoms. The number of amides is 1. The Balaban J connectivity index is 1.60. The highest BCUT2D eigenvalue weighted by molar-refractivity contribution is 5.94. The Bertz CT molecular complexity index is 707. The zero-order chi connectivity index (χ0) is 17.6. The summed E-state index contributed by atoms with van der Waals surface area (Å²) in [7, 11) is 3.34. The lowest BCUT2D eigenvalue weighted by Crippen LogP contribution is -2.48. The number of rotatable bonds is 5. The predicted octanol–water partition coefficient (Wildman–Crippen LogP) is 2.80. The first-order valence-electron chi connectivity index (χ1n) is 8.47. The molecule has 1 aliphatic heterocycles. The first-order chi connectivity index (χ1) is 12.2. The maximum Gasteiger partial charge on any atom is 0.253 e. The van der Waals surface area contributed by atoms with Crippen LogP contribution in [0.1, 0.15) is 15.9 Å². The van der Waals surface area contributed by atoms with Crippen molar-refractivity contribution in [1.82, 2.24) is 4.90 Å². The van der Waals surface area contributed by atoms with Gasteiger partial charge in [0.05, 0.1) is 13.7 Å². The molecule has 1 amide bonds. The summed E-state index contributed by atoms with van der Waals surface area (Å²) in [6.45, 7) is 3.64. The molecule has 0 N–H and O–H groups in total. The van der Waals surface area contributed by atoms with Crippen molar-refractivity contribution in [2.45, 2.75) is 6.61 Å². The molecule has 0 bridgehead atoms. The Morgan fingerprint density at radius 3 is 2.36 bits per heavy atom. The number of anilines is 1. The van der Waals surface area contributed by atoms with E-state index in [1.165, 1.54) is 0 Å². The fraction of sp³-hybridized carbons (Fsp3) is 0.350. The highest BCUT2D eigenvalue weighted by Crippen LogP contribution is 2.22. The van der Waals surface area contributed by atoms with Gasteiger partial charge in [-0.15, -0.1) is 0 Å². The molecule has 2 aromatic rings. The standard InChI is InChI=1S/C20H24N2O3/c1-24-15-16-6-8-17(9-7-16)20(23)22-12-10-21(11-13-22)18-4-3-5-19(14-18)25-2/h3-9,14H,10-13,15H2,1-2H3. The van der Waals surface area contributed by atoms with Crippen molar-refractivity contribution in [1.29, 1.82) is 0 Å². The summed E-state index contributed by atoms with van der Waals surface area (Å²) >= 11 is 0. The molecule has 132 valence electrons. The summed E-state index contributed by atoms with van der Waals surface area (Å²) in [6, 6.07) is 15.7. The van der Waals surface area contributed by atoms with Gasteiger partial charge in [0.15, 0.2) is 0 Å². The van der Waals surface area contributed by atoms with Gasteiger partial charge in [-0.3, -0.25) is 4.79 Å². The summed E-state index contributed by atoms with van der Waals surface area (Å²) in [6.07, 6.45) is 0. The summed E-state index contributed by atoms with van der Waals surface area (Å²) < 4.78 is 10.4. The average molecular weight is 340 g/mol. The van der Waals surface area contributed by atoms with Crippen molar-refractivity contribution in [2.75, 3.05) is 45.3 Å². The molecule has 2 aromatic carbocycles. The van der Waals surface area contributed by atoms with Crippen LogP contribution in [0, 0.1) is 0 Å². The van der Waals surface area contributed by atoms with Gasteiger partial charge in [-0.2, -0.15) is 0 Å². The normalized spacial score (nSPS) is 14.5. The molecular weight excluding hydrogens is 316 g/mol. The van der Waals surface area contributed by atoms with Crippen molar-refractivity contribution >= 4 is 11.6 Å². The second-order valence-electron chi connectivity index (χ2n) is 6.11. The predicted molar refractivity (Wildman–Crippen MR) is 98.3 cm³/mol. The second kappa shape index (κ2) is 8.03. The number of nitrogens with zero attached hydrogens (tertiary/aromatic N) is 2. The van der Waals surface area contributed by atoms with Gasteiger partial charge >= 0.3 is 0 Å². The lowest BCUT2D eigenvalue weighted by Gasteiger charge is -2.36. The lowest BCUT2D eigenvalue weighted by atomic mass is 10.1. The van der Waals surface area contributed by atoms with Crippen LogP contribution in [-0.2, 0) is 11.3 Å². The molecule has 1 aliphatic rings. The number of benzene rings is 2. The summed E-state index contributed by atoms with van der Waals surface area (Å²) in [4.78, 5) is 16.9. The number of hydrogen-bond donors (Lipinski definition) is 0. The maximum atomic E-state index is 12.7. The van der Waals surface area contributed by atoms with E-state index in [2.05, 4.69) is 11.0 Å². The van der Waals surface area contributed by atoms with Crippen molar-refractivity contribution in [3.05, 3.63) is 59.7 Å². The third-order valence-electron chi connectivity index (χ3n) is 4.50. The van der Waals surface area contributed by atoms with Gasteiger partial charge in [0.2, 0.25) is 0 Å². The first kappa shape index (κ1) is 17.3. The van der Waals surface area contributed by atoms with E-state index in [4.69, 9.17) is 9.47 Å². The highest BCUT2D eigenvalue weighted by atomic mass is 16.5. The first-order valence-corrected chi connectivity index (χ1v) is 8.47. The molecule has 0 aromatic heterocycles. The van der Waals surface area contributed by atoms with Crippen LogP contribution >= 0.6 is 0 Å². The largest absolute Gasteiger partial charge is 0.497 e. The number of hydrogen-bond acceptors (Lipinski definition) is 4. The highest BCUT2D eigenvalue weighted by Gasteiger charge is 2.22. The molecule has 0 unspecified atom stereocenters. The van der Waals surface area contributed by atoms with Crippen LogP contribution < -0.4 is 9.64 Å². The van der Waals surface area contributed by atoms with E-state index in [0.717, 1.165) is 48.7 Å². The van der Waals surface area contributed by atoms with Gasteiger partial charge in [0, 0.05) is 50.6 Å². The summed E-state index contributed by atoms with van der Waals surface area (Å²) in [5, 5.41) is 0. The Morgan fingerprint density at radius 2 is 1.72 bits per heavy atom. The van der Waals surface area contributed by atoms with Crippen LogP contribution in [0.5, 0.6) is 5.75 Å². The lowest BCUT2D eigenvalue weighted by molar-refractivity contribution is 0.0746. The van der Waals surface area contributed by atoms with E-state index < -0.39 is 0 Å². The molecule has 1 heterocycles. The van der Waals surface area contributed by atoms with Crippen LogP contribution in [0.3, 0.4) is 0 Å². The Kier molecular flexibility index (Phi) is 5.56. The van der Waals surface area contributed by atoms with Gasteiger partial charge in [-0.25, -0.2) is 0 Å². The second-order valence-corrected chi connectivity index (χ2v) is 6.11. The zero-order valence-electron chi connectivity index (χ0n) is 14.8. The Morgan fingerprint density at radius 1 is 1.00 bits per heavy atom. The molecule has 0 saturated carbocycles. The number of ether oxygens (including phenoxy) is 2. The van der Waals surface area contributed by atoms with Crippen LogP contribution in [0.4, 0.5) is 5.69 Å². The van der Waals surface area contributed by atoms with E-state index in [-0.39, 0.29) is 5.91 Å². The van der Waals surface area contributed by atoms with E-state index in [0.29, 0.717) is 6.61 Å². The minimum absolute atomic E-state index is 0.0919. The van der Waals surface area contributed by atoms with Gasteiger partial charge in [0.1, 0.15) is 5.75 Å². The fourth-order valence-corrected chi connectivity index (χ4v) is 3.07. The molecule has 1 fully saturated rings. The van der Waals surface area contributed by atoms with Crippen LogP contribution in [-0.4, -0.2) is 51.2 Å². The topological polar surface area (TPSA) is 42.0 Å². The number of carbonyl (C=O) groups is 1. The zero-order valence-corrected chi connectivity index (χ0v) is 14.8. The minimum atomic E-state index is 0.0919. The minimum Gasteiger partial charge on any atom is -0.497 e. The van der Waals surface area contributed by atoms with Crippen LogP contribution in [0.25, 0.3) is 0 Å².